The highest BCUT2D eigenvalue weighted by Gasteiger charge is 2.14. The molecule has 0 aliphatic heterocycles. The molecule has 4 nitrogen and oxygen atoms in total. The molecule has 1 aromatic heterocycles. The third kappa shape index (κ3) is 3.46. The number of aryl methyl sites for hydroxylation is 1. The van der Waals surface area contributed by atoms with Gasteiger partial charge in [-0.2, -0.15) is 0 Å². The molecule has 0 atom stereocenters. The predicted molar refractivity (Wildman–Crippen MR) is 97.9 cm³/mol. The Morgan fingerprint density at radius 2 is 2.00 bits per heavy atom. The normalized spacial score (nSPS) is 10.4. The highest BCUT2D eigenvalue weighted by atomic mass is 32.1. The van der Waals surface area contributed by atoms with Crippen LogP contribution in [0.4, 0.5) is 5.00 Å². The number of rotatable bonds is 5. The highest BCUT2D eigenvalue weighted by Crippen LogP contribution is 2.30. The third-order valence-electron chi connectivity index (χ3n) is 3.58. The number of hydrogen-bond donors (Lipinski definition) is 1. The van der Waals surface area contributed by atoms with E-state index in [1.807, 2.05) is 56.3 Å². The van der Waals surface area contributed by atoms with Gasteiger partial charge in [0.25, 0.3) is 5.91 Å². The number of amides is 1. The summed E-state index contributed by atoms with van der Waals surface area (Å²) in [6.45, 7) is 4.48. The summed E-state index contributed by atoms with van der Waals surface area (Å²) in [7, 11) is 0. The monoisotopic (exact) mass is 338 g/mol. The van der Waals surface area contributed by atoms with Crippen molar-refractivity contribution in [2.45, 2.75) is 13.8 Å². The zero-order valence-corrected chi connectivity index (χ0v) is 14.4. The van der Waals surface area contributed by atoms with Crippen LogP contribution >= 0.6 is 11.3 Å². The van der Waals surface area contributed by atoms with Gasteiger partial charge in [0.15, 0.2) is 0 Å². The maximum atomic E-state index is 12.5. The van der Waals surface area contributed by atoms with Crippen molar-refractivity contribution in [3.63, 3.8) is 0 Å². The average molecular weight is 338 g/mol. The number of thiazole rings is 1. The number of nitrogens with zero attached hydrogens (tertiary/aromatic N) is 1. The van der Waals surface area contributed by atoms with Gasteiger partial charge in [0, 0.05) is 11.1 Å². The van der Waals surface area contributed by atoms with E-state index >= 15 is 0 Å². The fourth-order valence-corrected chi connectivity index (χ4v) is 3.12. The molecule has 0 spiro atoms. The van der Waals surface area contributed by atoms with Gasteiger partial charge >= 0.3 is 0 Å². The van der Waals surface area contributed by atoms with Crippen molar-refractivity contribution in [1.82, 2.24) is 4.98 Å². The van der Waals surface area contributed by atoms with E-state index in [1.165, 1.54) is 11.3 Å². The van der Waals surface area contributed by atoms with Gasteiger partial charge in [-0.1, -0.05) is 30.3 Å². The van der Waals surface area contributed by atoms with E-state index in [-0.39, 0.29) is 5.91 Å². The van der Waals surface area contributed by atoms with Gasteiger partial charge in [-0.3, -0.25) is 4.79 Å². The number of nitrogens with one attached hydrogen (secondary N) is 1. The molecule has 0 radical (unpaired) electrons. The van der Waals surface area contributed by atoms with E-state index in [1.54, 1.807) is 11.6 Å². The van der Waals surface area contributed by atoms with E-state index in [2.05, 4.69) is 10.3 Å². The Kier molecular flexibility index (Phi) is 4.91. The molecule has 0 bridgehead atoms. The number of ether oxygens (including phenoxy) is 1. The van der Waals surface area contributed by atoms with Gasteiger partial charge in [0.1, 0.15) is 16.4 Å². The van der Waals surface area contributed by atoms with Crippen LogP contribution in [0, 0.1) is 6.92 Å². The molecule has 2 aromatic carbocycles. The largest absolute Gasteiger partial charge is 0.494 e. The number of carbonyl (C=O) groups excluding carboxylic acids is 1. The zero-order chi connectivity index (χ0) is 16.9. The van der Waals surface area contributed by atoms with Crippen molar-refractivity contribution in [2.24, 2.45) is 0 Å². The topological polar surface area (TPSA) is 51.2 Å². The first-order valence-corrected chi connectivity index (χ1v) is 8.60. The van der Waals surface area contributed by atoms with Crippen molar-refractivity contribution in [3.05, 3.63) is 65.2 Å². The van der Waals surface area contributed by atoms with Crippen LogP contribution in [-0.2, 0) is 0 Å². The summed E-state index contributed by atoms with van der Waals surface area (Å²) in [5.74, 6) is 0.652. The maximum absolute atomic E-state index is 12.5. The summed E-state index contributed by atoms with van der Waals surface area (Å²) < 4.78 is 5.51. The Labute approximate surface area is 145 Å². The van der Waals surface area contributed by atoms with Gasteiger partial charge in [-0.05, 0) is 37.6 Å². The number of anilines is 1. The first-order valence-electron chi connectivity index (χ1n) is 7.72. The second-order valence-corrected chi connectivity index (χ2v) is 6.12. The summed E-state index contributed by atoms with van der Waals surface area (Å²) in [5, 5.41) is 3.71. The summed E-state index contributed by atoms with van der Waals surface area (Å²) in [6.07, 6.45) is 0. The SMILES string of the molecule is CCOc1ccc(C(=O)Nc2scnc2-c2ccccc2)cc1C. The second-order valence-electron chi connectivity index (χ2n) is 5.26. The van der Waals surface area contributed by atoms with Crippen LogP contribution in [0.5, 0.6) is 5.75 Å². The minimum absolute atomic E-state index is 0.150. The average Bonchev–Trinajstić information content (AvgIpc) is 3.05. The Bertz CT molecular complexity index is 844. The van der Waals surface area contributed by atoms with Gasteiger partial charge < -0.3 is 10.1 Å². The van der Waals surface area contributed by atoms with Crippen LogP contribution in [-0.4, -0.2) is 17.5 Å². The van der Waals surface area contributed by atoms with Crippen LogP contribution < -0.4 is 10.1 Å². The van der Waals surface area contributed by atoms with E-state index < -0.39 is 0 Å². The lowest BCUT2D eigenvalue weighted by molar-refractivity contribution is 0.102. The van der Waals surface area contributed by atoms with Crippen molar-refractivity contribution >= 4 is 22.2 Å². The molecule has 1 amide bonds. The molecular formula is C19H18N2O2S. The van der Waals surface area contributed by atoms with Gasteiger partial charge in [0.05, 0.1) is 12.1 Å². The van der Waals surface area contributed by atoms with E-state index in [0.717, 1.165) is 27.6 Å². The van der Waals surface area contributed by atoms with Crippen LogP contribution in [0.2, 0.25) is 0 Å². The predicted octanol–water partition coefficient (Wildman–Crippen LogP) is 4.77. The maximum Gasteiger partial charge on any atom is 0.256 e. The molecule has 3 rings (SSSR count). The summed E-state index contributed by atoms with van der Waals surface area (Å²) >= 11 is 1.42. The smallest absolute Gasteiger partial charge is 0.256 e. The quantitative estimate of drug-likeness (QED) is 0.729. The van der Waals surface area contributed by atoms with E-state index in [9.17, 15) is 4.79 Å². The Morgan fingerprint density at radius 3 is 2.71 bits per heavy atom. The molecule has 5 heteroatoms. The van der Waals surface area contributed by atoms with Crippen molar-refractivity contribution < 1.29 is 9.53 Å². The summed E-state index contributed by atoms with van der Waals surface area (Å²) in [5.41, 5.74) is 5.05. The van der Waals surface area contributed by atoms with Gasteiger partial charge in [-0.15, -0.1) is 11.3 Å². The molecule has 24 heavy (non-hydrogen) atoms. The second kappa shape index (κ2) is 7.27. The fourth-order valence-electron chi connectivity index (χ4n) is 2.42. The van der Waals surface area contributed by atoms with Gasteiger partial charge in [0.2, 0.25) is 0 Å². The number of carbonyl (C=O) groups is 1. The standard InChI is InChI=1S/C19H18N2O2S/c1-3-23-16-10-9-15(11-13(16)2)18(22)21-19-17(20-12-24-19)14-7-5-4-6-8-14/h4-12H,3H2,1-2H3,(H,21,22). The lowest BCUT2D eigenvalue weighted by atomic mass is 10.1. The molecule has 1 heterocycles. The first kappa shape index (κ1) is 16.2. The molecule has 0 aliphatic rings. The number of hydrogen-bond acceptors (Lipinski definition) is 4. The van der Waals surface area contributed by atoms with Gasteiger partial charge in [-0.25, -0.2) is 4.98 Å². The van der Waals surface area contributed by atoms with Crippen LogP contribution in [0.15, 0.2) is 54.0 Å². The number of aromatic nitrogens is 1. The lowest BCUT2D eigenvalue weighted by Gasteiger charge is -2.09. The Morgan fingerprint density at radius 1 is 1.21 bits per heavy atom. The molecule has 0 saturated heterocycles. The third-order valence-corrected chi connectivity index (χ3v) is 4.32. The van der Waals surface area contributed by atoms with Crippen LogP contribution in [0.3, 0.4) is 0 Å². The lowest BCUT2D eigenvalue weighted by Crippen LogP contribution is -2.12. The molecule has 0 aliphatic carbocycles. The molecule has 3 aromatic rings. The molecule has 0 saturated carbocycles. The molecule has 0 unspecified atom stereocenters. The molecule has 0 fully saturated rings. The number of benzene rings is 2. The Balaban J connectivity index is 1.81. The molecule has 1 N–H and O–H groups in total. The minimum atomic E-state index is -0.150. The van der Waals surface area contributed by atoms with Crippen molar-refractivity contribution in [1.29, 1.82) is 0 Å². The minimum Gasteiger partial charge on any atom is -0.494 e. The summed E-state index contributed by atoms with van der Waals surface area (Å²) in [4.78, 5) is 16.9. The van der Waals surface area contributed by atoms with Crippen molar-refractivity contribution in [3.8, 4) is 17.0 Å². The van der Waals surface area contributed by atoms with E-state index in [0.29, 0.717) is 12.2 Å². The zero-order valence-electron chi connectivity index (χ0n) is 13.6. The highest BCUT2D eigenvalue weighted by molar-refractivity contribution is 7.14. The van der Waals surface area contributed by atoms with Crippen LogP contribution in [0.25, 0.3) is 11.3 Å². The van der Waals surface area contributed by atoms with Crippen LogP contribution in [0.1, 0.15) is 22.8 Å². The fraction of sp³-hybridized carbons (Fsp3) is 0.158. The first-order chi connectivity index (χ1) is 11.7. The van der Waals surface area contributed by atoms with E-state index in [4.69, 9.17) is 4.74 Å². The Hall–Kier alpha value is -2.66. The summed E-state index contributed by atoms with van der Waals surface area (Å²) in [6, 6.07) is 15.3. The molecule has 122 valence electrons. The van der Waals surface area contributed by atoms with Crippen molar-refractivity contribution in [2.75, 3.05) is 11.9 Å². The molecular weight excluding hydrogens is 320 g/mol.